The molecule has 0 radical (unpaired) electrons. The normalized spacial score (nSPS) is 14.9. The number of rotatable bonds is 8. The quantitative estimate of drug-likeness (QED) is 0.408. The smallest absolute Gasteiger partial charge is 0.192 e. The van der Waals surface area contributed by atoms with Crippen molar-refractivity contribution in [2.24, 2.45) is 0 Å². The zero-order chi connectivity index (χ0) is 18.8. The largest absolute Gasteiger partial charge is 0.497 e. The third kappa shape index (κ3) is 4.09. The summed E-state index contributed by atoms with van der Waals surface area (Å²) >= 11 is 3.23. The van der Waals surface area contributed by atoms with Gasteiger partial charge in [-0.05, 0) is 55.5 Å². The van der Waals surface area contributed by atoms with Gasteiger partial charge in [-0.15, -0.1) is 21.5 Å². The second-order valence-corrected chi connectivity index (χ2v) is 8.95. The molecule has 0 unspecified atom stereocenters. The Morgan fingerprint density at radius 2 is 2.07 bits per heavy atom. The van der Waals surface area contributed by atoms with Gasteiger partial charge in [0.15, 0.2) is 10.9 Å². The van der Waals surface area contributed by atoms with Crippen LogP contribution in [0.25, 0.3) is 0 Å². The van der Waals surface area contributed by atoms with Crippen LogP contribution >= 0.6 is 23.1 Å². The van der Waals surface area contributed by atoms with Crippen molar-refractivity contribution in [1.82, 2.24) is 14.8 Å². The van der Waals surface area contributed by atoms with Crippen LogP contribution in [-0.2, 0) is 6.42 Å². The molecule has 7 heteroatoms. The van der Waals surface area contributed by atoms with Gasteiger partial charge in [0.05, 0.1) is 12.4 Å². The van der Waals surface area contributed by atoms with Gasteiger partial charge in [-0.2, -0.15) is 0 Å². The molecule has 0 bridgehead atoms. The summed E-state index contributed by atoms with van der Waals surface area (Å²) < 4.78 is 7.40. The van der Waals surface area contributed by atoms with Crippen molar-refractivity contribution in [3.63, 3.8) is 0 Å². The summed E-state index contributed by atoms with van der Waals surface area (Å²) in [5.41, 5.74) is 0.687. The van der Waals surface area contributed by atoms with E-state index in [1.807, 2.05) is 31.2 Å². The molecule has 140 valence electrons. The lowest BCUT2D eigenvalue weighted by Crippen LogP contribution is -2.15. The molecule has 1 aromatic carbocycles. The SMILES string of the molecule is COc1ccc(C(=O)[C@@H](C)Sc2nnc(Cc3cccs3)n2C2CC2)cc1. The third-order valence-corrected chi connectivity index (χ3v) is 6.52. The molecule has 0 saturated heterocycles. The number of thiophene rings is 1. The molecular weight excluding hydrogens is 378 g/mol. The van der Waals surface area contributed by atoms with Gasteiger partial charge in [-0.1, -0.05) is 17.8 Å². The van der Waals surface area contributed by atoms with E-state index >= 15 is 0 Å². The number of Topliss-reactive ketones (excluding diaryl/α,β-unsaturated/α-hetero) is 1. The van der Waals surface area contributed by atoms with Crippen LogP contribution in [0, 0.1) is 0 Å². The first kappa shape index (κ1) is 18.3. The van der Waals surface area contributed by atoms with Crippen LogP contribution in [-0.4, -0.2) is 32.9 Å². The Labute approximate surface area is 166 Å². The molecule has 0 spiro atoms. The molecule has 1 fully saturated rings. The lowest BCUT2D eigenvalue weighted by Gasteiger charge is -2.12. The number of aromatic nitrogens is 3. The molecule has 1 atom stereocenters. The van der Waals surface area contributed by atoms with Crippen LogP contribution in [0.1, 0.15) is 46.9 Å². The molecule has 1 aliphatic rings. The van der Waals surface area contributed by atoms with Crippen molar-refractivity contribution >= 4 is 28.9 Å². The van der Waals surface area contributed by atoms with Crippen LogP contribution < -0.4 is 4.74 Å². The highest BCUT2D eigenvalue weighted by Gasteiger charge is 2.31. The molecule has 0 N–H and O–H groups in total. The highest BCUT2D eigenvalue weighted by Crippen LogP contribution is 2.40. The lowest BCUT2D eigenvalue weighted by molar-refractivity contribution is 0.0994. The maximum Gasteiger partial charge on any atom is 0.192 e. The van der Waals surface area contributed by atoms with Crippen molar-refractivity contribution in [2.75, 3.05) is 7.11 Å². The molecule has 4 rings (SSSR count). The van der Waals surface area contributed by atoms with E-state index in [1.54, 1.807) is 18.4 Å². The molecule has 2 heterocycles. The summed E-state index contributed by atoms with van der Waals surface area (Å²) in [5, 5.41) is 11.5. The van der Waals surface area contributed by atoms with Gasteiger partial charge in [0.2, 0.25) is 0 Å². The van der Waals surface area contributed by atoms with Crippen LogP contribution in [0.4, 0.5) is 0 Å². The van der Waals surface area contributed by atoms with Crippen LogP contribution in [0.2, 0.25) is 0 Å². The Balaban J connectivity index is 1.51. The van der Waals surface area contributed by atoms with E-state index in [4.69, 9.17) is 4.74 Å². The van der Waals surface area contributed by atoms with E-state index in [1.165, 1.54) is 16.6 Å². The summed E-state index contributed by atoms with van der Waals surface area (Å²) in [4.78, 5) is 14.1. The molecule has 5 nitrogen and oxygen atoms in total. The van der Waals surface area contributed by atoms with E-state index in [2.05, 4.69) is 32.3 Å². The first-order valence-electron chi connectivity index (χ1n) is 8.97. The molecule has 0 amide bonds. The second-order valence-electron chi connectivity index (χ2n) is 6.61. The van der Waals surface area contributed by atoms with E-state index in [9.17, 15) is 4.79 Å². The van der Waals surface area contributed by atoms with E-state index in [-0.39, 0.29) is 11.0 Å². The van der Waals surface area contributed by atoms with Gasteiger partial charge in [0.25, 0.3) is 0 Å². The second kappa shape index (κ2) is 7.86. The number of methoxy groups -OCH3 is 1. The highest BCUT2D eigenvalue weighted by molar-refractivity contribution is 8.00. The monoisotopic (exact) mass is 399 g/mol. The van der Waals surface area contributed by atoms with Crippen molar-refractivity contribution in [3.8, 4) is 5.75 Å². The zero-order valence-corrected chi connectivity index (χ0v) is 16.9. The number of hydrogen-bond acceptors (Lipinski definition) is 6. The van der Waals surface area contributed by atoms with Crippen molar-refractivity contribution in [3.05, 3.63) is 58.0 Å². The lowest BCUT2D eigenvalue weighted by atomic mass is 10.1. The van der Waals surface area contributed by atoms with Gasteiger partial charge >= 0.3 is 0 Å². The van der Waals surface area contributed by atoms with E-state index in [0.717, 1.165) is 36.0 Å². The van der Waals surface area contributed by atoms with Gasteiger partial charge in [0, 0.05) is 22.9 Å². The van der Waals surface area contributed by atoms with Crippen molar-refractivity contribution in [1.29, 1.82) is 0 Å². The summed E-state index contributed by atoms with van der Waals surface area (Å²) in [6.45, 7) is 1.93. The third-order valence-electron chi connectivity index (χ3n) is 4.59. The number of benzene rings is 1. The van der Waals surface area contributed by atoms with Gasteiger partial charge in [-0.3, -0.25) is 4.79 Å². The Hall–Kier alpha value is -2.12. The van der Waals surface area contributed by atoms with Crippen molar-refractivity contribution in [2.45, 2.75) is 42.6 Å². The fourth-order valence-corrected chi connectivity index (χ4v) is 4.70. The molecule has 2 aromatic heterocycles. The minimum absolute atomic E-state index is 0.0906. The number of ketones is 1. The summed E-state index contributed by atoms with van der Waals surface area (Å²) in [6, 6.07) is 11.9. The predicted molar refractivity (Wildman–Crippen MR) is 108 cm³/mol. The molecule has 0 aliphatic heterocycles. The summed E-state index contributed by atoms with van der Waals surface area (Å²) in [5.74, 6) is 1.83. The summed E-state index contributed by atoms with van der Waals surface area (Å²) in [7, 11) is 1.62. The van der Waals surface area contributed by atoms with E-state index in [0.29, 0.717) is 11.6 Å². The average Bonchev–Trinajstić information content (AvgIpc) is 3.25. The minimum Gasteiger partial charge on any atom is -0.497 e. The number of carbonyl (C=O) groups is 1. The zero-order valence-electron chi connectivity index (χ0n) is 15.3. The molecule has 1 saturated carbocycles. The molecule has 27 heavy (non-hydrogen) atoms. The average molecular weight is 400 g/mol. The maximum atomic E-state index is 12.8. The first-order chi connectivity index (χ1) is 13.2. The predicted octanol–water partition coefficient (Wildman–Crippen LogP) is 4.64. The fourth-order valence-electron chi connectivity index (χ4n) is 2.98. The van der Waals surface area contributed by atoms with Gasteiger partial charge in [-0.25, -0.2) is 0 Å². The maximum absolute atomic E-state index is 12.8. The highest BCUT2D eigenvalue weighted by atomic mass is 32.2. The van der Waals surface area contributed by atoms with Gasteiger partial charge < -0.3 is 9.30 Å². The number of ether oxygens (including phenoxy) is 1. The number of nitrogens with zero attached hydrogens (tertiary/aromatic N) is 3. The molecule has 1 aliphatic carbocycles. The Morgan fingerprint density at radius 3 is 2.70 bits per heavy atom. The standard InChI is InChI=1S/C20H21N3O2S2/c1-13(19(24)14-5-9-16(25-2)10-6-14)27-20-22-21-18(23(20)15-7-8-15)12-17-4-3-11-26-17/h3-6,9-11,13,15H,7-8,12H2,1-2H3/t13-/m1/s1. The van der Waals surface area contributed by atoms with Crippen LogP contribution in [0.15, 0.2) is 46.9 Å². The van der Waals surface area contributed by atoms with Crippen molar-refractivity contribution < 1.29 is 9.53 Å². The fraction of sp³-hybridized carbons (Fsp3) is 0.350. The molecule has 3 aromatic rings. The number of hydrogen-bond donors (Lipinski definition) is 0. The molecular formula is C20H21N3O2S2. The van der Waals surface area contributed by atoms with Gasteiger partial charge in [0.1, 0.15) is 11.6 Å². The van der Waals surface area contributed by atoms with E-state index < -0.39 is 0 Å². The Kier molecular flexibility index (Phi) is 5.31. The van der Waals surface area contributed by atoms with Crippen LogP contribution in [0.3, 0.4) is 0 Å². The minimum atomic E-state index is -0.227. The topological polar surface area (TPSA) is 57.0 Å². The number of carbonyl (C=O) groups excluding carboxylic acids is 1. The Morgan fingerprint density at radius 1 is 1.30 bits per heavy atom. The number of thioether (sulfide) groups is 1. The first-order valence-corrected chi connectivity index (χ1v) is 10.7. The Bertz CT molecular complexity index is 915. The van der Waals surface area contributed by atoms with Crippen LogP contribution in [0.5, 0.6) is 5.75 Å². The summed E-state index contributed by atoms with van der Waals surface area (Å²) in [6.07, 6.45) is 3.11.